The van der Waals surface area contributed by atoms with Crippen molar-refractivity contribution in [3.05, 3.63) is 70.1 Å². The van der Waals surface area contributed by atoms with E-state index in [-0.39, 0.29) is 17.0 Å². The zero-order valence-corrected chi connectivity index (χ0v) is 22.1. The topological polar surface area (TPSA) is 137 Å². The number of ketones is 1. The van der Waals surface area contributed by atoms with Gasteiger partial charge < -0.3 is 24.6 Å². The van der Waals surface area contributed by atoms with Gasteiger partial charge >= 0.3 is 5.97 Å². The van der Waals surface area contributed by atoms with Gasteiger partial charge in [0.25, 0.3) is 5.91 Å². The van der Waals surface area contributed by atoms with Gasteiger partial charge in [0.1, 0.15) is 24.5 Å². The molecular formula is C26H23ClF3N3O7. The van der Waals surface area contributed by atoms with Gasteiger partial charge in [0.2, 0.25) is 11.7 Å². The molecule has 0 saturated heterocycles. The van der Waals surface area contributed by atoms with Crippen molar-refractivity contribution in [1.82, 2.24) is 15.8 Å². The highest BCUT2D eigenvalue weighted by Crippen LogP contribution is 2.27. The van der Waals surface area contributed by atoms with Gasteiger partial charge in [0.05, 0.1) is 13.5 Å². The SMILES string of the molecule is COC(=O)C[C@H](NC(=O)[C@H](C)NC(=O)c1cc(-c2cccc(Cl)c2)on1)C(=O)COc1c(C)c(F)cc(F)c1F. The molecule has 1 aromatic heterocycles. The molecule has 0 saturated carbocycles. The van der Waals surface area contributed by atoms with Crippen LogP contribution in [0.3, 0.4) is 0 Å². The highest BCUT2D eigenvalue weighted by atomic mass is 35.5. The number of hydrogen-bond acceptors (Lipinski definition) is 8. The minimum absolute atomic E-state index is 0.148. The monoisotopic (exact) mass is 581 g/mol. The first-order chi connectivity index (χ1) is 18.9. The third-order valence-corrected chi connectivity index (χ3v) is 5.85. The first-order valence-corrected chi connectivity index (χ1v) is 12.0. The van der Waals surface area contributed by atoms with Gasteiger partial charge in [-0.05, 0) is 26.0 Å². The Balaban J connectivity index is 1.66. The number of halogens is 4. The number of carbonyl (C=O) groups is 4. The maximum Gasteiger partial charge on any atom is 0.308 e. The lowest BCUT2D eigenvalue weighted by Gasteiger charge is -2.20. The maximum absolute atomic E-state index is 14.1. The standard InChI is InChI=1S/C26H23ClF3N3O7/c1-12-16(28)8-17(29)23(30)24(12)39-11-20(34)18(10-22(35)38-3)32-25(36)13(2)31-26(37)19-9-21(40-33-19)14-5-4-6-15(27)7-14/h4-9,13,18H,10-11H2,1-3H3,(H,31,37)(H,32,36)/t13-,18-/m0/s1. The van der Waals surface area contributed by atoms with E-state index in [9.17, 15) is 32.3 Å². The molecule has 0 aliphatic rings. The minimum atomic E-state index is -1.54. The van der Waals surface area contributed by atoms with Gasteiger partial charge in [-0.25, -0.2) is 8.78 Å². The number of aromatic nitrogens is 1. The second-order valence-electron chi connectivity index (χ2n) is 8.49. The van der Waals surface area contributed by atoms with E-state index < -0.39 is 71.9 Å². The fourth-order valence-corrected chi connectivity index (χ4v) is 3.56. The molecule has 0 aliphatic heterocycles. The number of rotatable bonds is 11. The van der Waals surface area contributed by atoms with E-state index in [0.717, 1.165) is 14.0 Å². The molecule has 10 nitrogen and oxygen atoms in total. The Kier molecular flexibility index (Phi) is 9.88. The van der Waals surface area contributed by atoms with Gasteiger partial charge in [-0.3, -0.25) is 19.2 Å². The second kappa shape index (κ2) is 13.1. The number of nitrogens with one attached hydrogen (secondary N) is 2. The Bertz CT molecular complexity index is 1420. The number of hydrogen-bond donors (Lipinski definition) is 2. The number of carbonyl (C=O) groups excluding carboxylic acids is 4. The molecule has 0 unspecified atom stereocenters. The fourth-order valence-electron chi connectivity index (χ4n) is 3.37. The molecule has 14 heteroatoms. The summed E-state index contributed by atoms with van der Waals surface area (Å²) in [5.41, 5.74) is 0.0279. The van der Waals surface area contributed by atoms with Crippen LogP contribution in [0.2, 0.25) is 5.02 Å². The molecule has 212 valence electrons. The van der Waals surface area contributed by atoms with Crippen molar-refractivity contribution in [2.45, 2.75) is 32.4 Å². The third kappa shape index (κ3) is 7.38. The quantitative estimate of drug-likeness (QED) is 0.259. The van der Waals surface area contributed by atoms with Crippen LogP contribution < -0.4 is 15.4 Å². The van der Waals surface area contributed by atoms with Gasteiger partial charge in [-0.1, -0.05) is 28.9 Å². The van der Waals surface area contributed by atoms with E-state index in [4.69, 9.17) is 20.9 Å². The number of Topliss-reactive ketones (excluding diaryl/α,β-unsaturated/α-hetero) is 1. The van der Waals surface area contributed by atoms with Crippen LogP contribution in [0.25, 0.3) is 11.3 Å². The molecule has 2 N–H and O–H groups in total. The van der Waals surface area contributed by atoms with E-state index in [2.05, 4.69) is 20.5 Å². The van der Waals surface area contributed by atoms with Crippen molar-refractivity contribution in [3.63, 3.8) is 0 Å². The number of benzene rings is 2. The first-order valence-electron chi connectivity index (χ1n) is 11.6. The molecule has 3 rings (SSSR count). The van der Waals surface area contributed by atoms with Crippen molar-refractivity contribution < 1.29 is 46.3 Å². The number of ether oxygens (including phenoxy) is 2. The molecule has 2 atom stereocenters. The van der Waals surface area contributed by atoms with E-state index in [1.54, 1.807) is 24.3 Å². The van der Waals surface area contributed by atoms with E-state index in [0.29, 0.717) is 16.7 Å². The smallest absolute Gasteiger partial charge is 0.308 e. The van der Waals surface area contributed by atoms with Crippen LogP contribution in [0.1, 0.15) is 29.4 Å². The first kappa shape index (κ1) is 30.2. The Morgan fingerprint density at radius 2 is 1.80 bits per heavy atom. The van der Waals surface area contributed by atoms with Crippen LogP contribution in [-0.4, -0.2) is 54.5 Å². The summed E-state index contributed by atoms with van der Waals surface area (Å²) < 4.78 is 56.1. The van der Waals surface area contributed by atoms with Crippen molar-refractivity contribution in [2.75, 3.05) is 13.7 Å². The summed E-state index contributed by atoms with van der Waals surface area (Å²) in [5.74, 6) is -8.21. The Morgan fingerprint density at radius 3 is 2.48 bits per heavy atom. The van der Waals surface area contributed by atoms with Crippen LogP contribution in [0, 0.1) is 24.4 Å². The summed E-state index contributed by atoms with van der Waals surface area (Å²) in [6.07, 6.45) is -0.643. The predicted octanol–water partition coefficient (Wildman–Crippen LogP) is 3.54. The maximum atomic E-state index is 14.1. The summed E-state index contributed by atoms with van der Waals surface area (Å²) in [4.78, 5) is 49.9. The number of methoxy groups -OCH3 is 1. The van der Waals surface area contributed by atoms with Crippen LogP contribution in [0.5, 0.6) is 5.75 Å². The van der Waals surface area contributed by atoms with Crippen LogP contribution in [0.15, 0.2) is 40.9 Å². The summed E-state index contributed by atoms with van der Waals surface area (Å²) in [6.45, 7) is 1.47. The van der Waals surface area contributed by atoms with Gasteiger partial charge in [-0.2, -0.15) is 4.39 Å². The predicted molar refractivity (Wildman–Crippen MR) is 134 cm³/mol. The molecule has 2 amide bonds. The summed E-state index contributed by atoms with van der Waals surface area (Å²) in [7, 11) is 1.05. The fraction of sp³-hybridized carbons (Fsp3) is 0.269. The van der Waals surface area contributed by atoms with Crippen LogP contribution in [-0.2, 0) is 19.1 Å². The molecule has 2 aromatic carbocycles. The van der Waals surface area contributed by atoms with Crippen molar-refractivity contribution in [2.24, 2.45) is 0 Å². The Labute approximate surface area is 230 Å². The van der Waals surface area contributed by atoms with Gasteiger partial charge in [0, 0.05) is 28.3 Å². The van der Waals surface area contributed by atoms with Crippen LogP contribution in [0.4, 0.5) is 13.2 Å². The van der Waals surface area contributed by atoms with E-state index in [1.165, 1.54) is 13.0 Å². The molecule has 0 bridgehead atoms. The normalized spacial score (nSPS) is 12.3. The van der Waals surface area contributed by atoms with Gasteiger partial charge in [0.15, 0.2) is 28.8 Å². The summed E-state index contributed by atoms with van der Waals surface area (Å²) >= 11 is 5.96. The molecule has 0 radical (unpaired) electrons. The average molecular weight is 582 g/mol. The molecular weight excluding hydrogens is 559 g/mol. The zero-order valence-electron chi connectivity index (χ0n) is 21.3. The molecule has 1 heterocycles. The van der Waals surface area contributed by atoms with E-state index >= 15 is 0 Å². The zero-order chi connectivity index (χ0) is 29.6. The molecule has 0 fully saturated rings. The number of amides is 2. The van der Waals surface area contributed by atoms with Crippen molar-refractivity contribution >= 4 is 35.2 Å². The highest BCUT2D eigenvalue weighted by Gasteiger charge is 2.29. The Morgan fingerprint density at radius 1 is 1.07 bits per heavy atom. The lowest BCUT2D eigenvalue weighted by atomic mass is 10.1. The van der Waals surface area contributed by atoms with Crippen molar-refractivity contribution in [3.8, 4) is 17.1 Å². The van der Waals surface area contributed by atoms with Crippen LogP contribution >= 0.6 is 11.6 Å². The number of esters is 1. The molecule has 0 aliphatic carbocycles. The molecule has 3 aromatic rings. The highest BCUT2D eigenvalue weighted by molar-refractivity contribution is 6.30. The third-order valence-electron chi connectivity index (χ3n) is 5.62. The average Bonchev–Trinajstić information content (AvgIpc) is 3.42. The summed E-state index contributed by atoms with van der Waals surface area (Å²) in [5, 5.41) is 8.77. The van der Waals surface area contributed by atoms with Gasteiger partial charge in [-0.15, -0.1) is 0 Å². The lowest BCUT2D eigenvalue weighted by Crippen LogP contribution is -2.51. The molecule has 40 heavy (non-hydrogen) atoms. The van der Waals surface area contributed by atoms with Crippen molar-refractivity contribution in [1.29, 1.82) is 0 Å². The second-order valence-corrected chi connectivity index (χ2v) is 8.92. The van der Waals surface area contributed by atoms with E-state index in [1.807, 2.05) is 0 Å². The molecule has 0 spiro atoms. The minimum Gasteiger partial charge on any atom is -0.482 e. The largest absolute Gasteiger partial charge is 0.482 e. The summed E-state index contributed by atoms with van der Waals surface area (Å²) in [6, 6.07) is 5.51. The lowest BCUT2D eigenvalue weighted by molar-refractivity contribution is -0.143. The Hall–Kier alpha value is -4.39. The number of nitrogens with zero attached hydrogens (tertiary/aromatic N) is 1.